The third-order valence-electron chi connectivity index (χ3n) is 2.98. The lowest BCUT2D eigenvalue weighted by Crippen LogP contribution is -2.13. The first kappa shape index (κ1) is 14.9. The SMILES string of the molecule is FC(F)COc1ccc(C(F)(F)F)c2c1C[C@H](F)[C@H]2F. The number of rotatable bonds is 3. The van der Waals surface area contributed by atoms with Crippen LogP contribution < -0.4 is 4.74 Å². The van der Waals surface area contributed by atoms with Crippen LogP contribution in [0.25, 0.3) is 0 Å². The lowest BCUT2D eigenvalue weighted by atomic mass is 10.0. The zero-order valence-electron chi connectivity index (χ0n) is 9.85. The van der Waals surface area contributed by atoms with E-state index in [-0.39, 0.29) is 11.3 Å². The second-order valence-electron chi connectivity index (χ2n) is 4.33. The summed E-state index contributed by atoms with van der Waals surface area (Å²) in [6.45, 7) is -1.05. The largest absolute Gasteiger partial charge is 0.487 e. The van der Waals surface area contributed by atoms with Gasteiger partial charge in [0.05, 0.1) is 5.56 Å². The van der Waals surface area contributed by atoms with Gasteiger partial charge in [0.15, 0.2) is 6.17 Å². The van der Waals surface area contributed by atoms with Gasteiger partial charge in [-0.3, -0.25) is 0 Å². The Hall–Kier alpha value is -1.47. The van der Waals surface area contributed by atoms with Crippen molar-refractivity contribution in [3.63, 3.8) is 0 Å². The van der Waals surface area contributed by atoms with Crippen molar-refractivity contribution in [3.8, 4) is 5.75 Å². The Morgan fingerprint density at radius 1 is 1.20 bits per heavy atom. The highest BCUT2D eigenvalue weighted by Crippen LogP contribution is 2.47. The van der Waals surface area contributed by atoms with Crippen LogP contribution in [-0.4, -0.2) is 19.2 Å². The first-order valence-electron chi connectivity index (χ1n) is 5.64. The monoisotopic (exact) mass is 302 g/mol. The Kier molecular flexibility index (Phi) is 3.84. The van der Waals surface area contributed by atoms with Crippen molar-refractivity contribution in [2.24, 2.45) is 0 Å². The summed E-state index contributed by atoms with van der Waals surface area (Å²) in [6, 6.07) is 1.33. The van der Waals surface area contributed by atoms with Gasteiger partial charge >= 0.3 is 6.18 Å². The van der Waals surface area contributed by atoms with Crippen molar-refractivity contribution in [2.45, 2.75) is 31.4 Å². The van der Waals surface area contributed by atoms with Gasteiger partial charge in [-0.1, -0.05) is 0 Å². The fourth-order valence-corrected chi connectivity index (χ4v) is 2.18. The number of benzene rings is 1. The molecule has 0 radical (unpaired) electrons. The maximum Gasteiger partial charge on any atom is 0.416 e. The summed E-state index contributed by atoms with van der Waals surface area (Å²) >= 11 is 0. The average Bonchev–Trinajstić information content (AvgIpc) is 2.62. The molecule has 0 bridgehead atoms. The summed E-state index contributed by atoms with van der Waals surface area (Å²) in [5.74, 6) is -0.337. The molecule has 0 aromatic heterocycles. The number of hydrogen-bond acceptors (Lipinski definition) is 1. The van der Waals surface area contributed by atoms with Crippen LogP contribution >= 0.6 is 0 Å². The van der Waals surface area contributed by atoms with Crippen LogP contribution in [0.5, 0.6) is 5.75 Å². The van der Waals surface area contributed by atoms with Crippen LogP contribution in [0.1, 0.15) is 22.9 Å². The highest BCUT2D eigenvalue weighted by atomic mass is 19.4. The summed E-state index contributed by atoms with van der Waals surface area (Å²) in [6.07, 6.45) is -12.9. The smallest absolute Gasteiger partial charge is 0.416 e. The molecule has 0 heterocycles. The molecule has 1 aliphatic rings. The molecule has 1 aromatic carbocycles. The fourth-order valence-electron chi connectivity index (χ4n) is 2.18. The molecule has 2 atom stereocenters. The molecule has 20 heavy (non-hydrogen) atoms. The molecule has 0 unspecified atom stereocenters. The van der Waals surface area contributed by atoms with Gasteiger partial charge in [0.2, 0.25) is 0 Å². The molecule has 0 N–H and O–H groups in total. The van der Waals surface area contributed by atoms with Crippen LogP contribution in [0.4, 0.5) is 30.7 Å². The number of fused-ring (bicyclic) bond motifs is 1. The van der Waals surface area contributed by atoms with E-state index in [4.69, 9.17) is 0 Å². The van der Waals surface area contributed by atoms with Crippen LogP contribution in [0.3, 0.4) is 0 Å². The van der Waals surface area contributed by atoms with Gasteiger partial charge in [0, 0.05) is 17.5 Å². The first-order valence-corrected chi connectivity index (χ1v) is 5.64. The summed E-state index contributed by atoms with van der Waals surface area (Å²) in [5.41, 5.74) is -2.48. The molecule has 0 aliphatic heterocycles. The van der Waals surface area contributed by atoms with Gasteiger partial charge in [-0.25, -0.2) is 17.6 Å². The van der Waals surface area contributed by atoms with E-state index in [0.717, 1.165) is 6.07 Å². The van der Waals surface area contributed by atoms with Crippen LogP contribution in [0.15, 0.2) is 12.1 Å². The van der Waals surface area contributed by atoms with E-state index in [2.05, 4.69) is 4.74 Å². The molecule has 0 saturated carbocycles. The zero-order valence-corrected chi connectivity index (χ0v) is 9.85. The Balaban J connectivity index is 2.46. The lowest BCUT2D eigenvalue weighted by molar-refractivity contribution is -0.138. The number of hydrogen-bond donors (Lipinski definition) is 0. The third kappa shape index (κ3) is 2.69. The van der Waals surface area contributed by atoms with Crippen molar-refractivity contribution in [3.05, 3.63) is 28.8 Å². The molecule has 1 aromatic rings. The minimum absolute atomic E-state index is 0.333. The van der Waals surface area contributed by atoms with E-state index in [1.54, 1.807) is 0 Å². The van der Waals surface area contributed by atoms with Gasteiger partial charge in [-0.15, -0.1) is 0 Å². The van der Waals surface area contributed by atoms with E-state index in [1.807, 2.05) is 0 Å². The third-order valence-corrected chi connectivity index (χ3v) is 2.98. The molecule has 0 spiro atoms. The number of halogens is 7. The topological polar surface area (TPSA) is 9.23 Å². The number of alkyl halides is 7. The van der Waals surface area contributed by atoms with Crippen molar-refractivity contribution >= 4 is 0 Å². The molecular formula is C12H9F7O. The maximum atomic E-state index is 13.6. The van der Waals surface area contributed by atoms with Crippen LogP contribution in [0, 0.1) is 0 Å². The predicted octanol–water partition coefficient (Wildman–Crippen LogP) is 4.25. The van der Waals surface area contributed by atoms with Gasteiger partial charge in [0.25, 0.3) is 6.43 Å². The molecule has 0 fully saturated rings. The van der Waals surface area contributed by atoms with Crippen molar-refractivity contribution in [1.82, 2.24) is 0 Å². The Morgan fingerprint density at radius 3 is 2.40 bits per heavy atom. The average molecular weight is 302 g/mol. The number of ether oxygens (including phenoxy) is 1. The molecule has 8 heteroatoms. The molecule has 0 saturated heterocycles. The standard InChI is InChI=1S/C12H9F7O/c13-7-3-5-8(20-4-9(14)15)2-1-6(12(17,18)19)10(5)11(7)16/h1-2,7,9,11H,3-4H2/t7-,11+/m0/s1. The van der Waals surface area contributed by atoms with Crippen LogP contribution in [-0.2, 0) is 12.6 Å². The minimum atomic E-state index is -4.85. The Morgan fingerprint density at radius 2 is 1.85 bits per heavy atom. The van der Waals surface area contributed by atoms with E-state index in [0.29, 0.717) is 6.07 Å². The Bertz CT molecular complexity index is 497. The fraction of sp³-hybridized carbons (Fsp3) is 0.500. The lowest BCUT2D eigenvalue weighted by Gasteiger charge is -2.16. The summed E-state index contributed by atoms with van der Waals surface area (Å²) < 4.78 is 93.8. The Labute approximate surface area is 109 Å². The van der Waals surface area contributed by atoms with E-state index < -0.39 is 49.1 Å². The zero-order chi connectivity index (χ0) is 15.1. The van der Waals surface area contributed by atoms with Crippen molar-refractivity contribution < 1.29 is 35.5 Å². The molecule has 0 amide bonds. The van der Waals surface area contributed by atoms with E-state index in [1.165, 1.54) is 0 Å². The maximum absolute atomic E-state index is 13.6. The van der Waals surface area contributed by atoms with Gasteiger partial charge in [0.1, 0.15) is 18.5 Å². The highest BCUT2D eigenvalue weighted by molar-refractivity contribution is 5.51. The minimum Gasteiger partial charge on any atom is -0.487 e. The second-order valence-corrected chi connectivity index (χ2v) is 4.33. The molecular weight excluding hydrogens is 293 g/mol. The van der Waals surface area contributed by atoms with E-state index >= 15 is 0 Å². The van der Waals surface area contributed by atoms with E-state index in [9.17, 15) is 30.7 Å². The quantitative estimate of drug-likeness (QED) is 0.758. The second kappa shape index (κ2) is 5.14. The van der Waals surface area contributed by atoms with Crippen LogP contribution in [0.2, 0.25) is 0 Å². The van der Waals surface area contributed by atoms with Crippen molar-refractivity contribution in [1.29, 1.82) is 0 Å². The first-order chi connectivity index (χ1) is 9.21. The highest BCUT2D eigenvalue weighted by Gasteiger charge is 2.44. The van der Waals surface area contributed by atoms with Gasteiger partial charge in [-0.05, 0) is 12.1 Å². The van der Waals surface area contributed by atoms with Gasteiger partial charge < -0.3 is 4.74 Å². The summed E-state index contributed by atoms with van der Waals surface area (Å²) in [5, 5.41) is 0. The summed E-state index contributed by atoms with van der Waals surface area (Å²) in [7, 11) is 0. The molecule has 2 rings (SSSR count). The normalized spacial score (nSPS) is 22.2. The summed E-state index contributed by atoms with van der Waals surface area (Å²) in [4.78, 5) is 0. The predicted molar refractivity (Wildman–Crippen MR) is 55.4 cm³/mol. The molecule has 112 valence electrons. The van der Waals surface area contributed by atoms with Gasteiger partial charge in [-0.2, -0.15) is 13.2 Å². The molecule has 1 aliphatic carbocycles. The molecule has 1 nitrogen and oxygen atoms in total. The van der Waals surface area contributed by atoms with Crippen molar-refractivity contribution in [2.75, 3.05) is 6.61 Å².